The third-order valence-electron chi connectivity index (χ3n) is 3.48. The minimum atomic E-state index is -2.65. The van der Waals surface area contributed by atoms with E-state index in [1.165, 1.54) is 12.4 Å². The quantitative estimate of drug-likeness (QED) is 0.862. The van der Waals surface area contributed by atoms with Crippen LogP contribution in [0.1, 0.15) is 38.1 Å². The Labute approximate surface area is 109 Å². The Balaban J connectivity index is 2.10. The first kappa shape index (κ1) is 13.9. The van der Waals surface area contributed by atoms with E-state index in [-0.39, 0.29) is 25.0 Å². The van der Waals surface area contributed by atoms with Crippen LogP contribution in [0, 0.1) is 0 Å². The normalized spacial score (nSPS) is 16.6. The first-order valence-corrected chi connectivity index (χ1v) is 6.33. The van der Waals surface area contributed by atoms with E-state index in [1.807, 2.05) is 0 Å². The fourth-order valence-electron chi connectivity index (χ4n) is 2.58. The molecule has 1 aliphatic carbocycles. The molecule has 0 bridgehead atoms. The number of rotatable bonds is 6. The molecule has 1 aliphatic rings. The summed E-state index contributed by atoms with van der Waals surface area (Å²) in [5.41, 5.74) is 0. The summed E-state index contributed by atoms with van der Waals surface area (Å²) < 4.78 is 26.3. The van der Waals surface area contributed by atoms with E-state index in [4.69, 9.17) is 5.11 Å². The van der Waals surface area contributed by atoms with Crippen LogP contribution in [-0.2, 0) is 11.3 Å². The number of nitrogens with zero attached hydrogens (tertiary/aromatic N) is 3. The minimum Gasteiger partial charge on any atom is -0.480 e. The number of halogens is 2. The Kier molecular flexibility index (Phi) is 4.47. The summed E-state index contributed by atoms with van der Waals surface area (Å²) in [4.78, 5) is 16.5. The van der Waals surface area contributed by atoms with E-state index in [1.54, 1.807) is 4.90 Å². The van der Waals surface area contributed by atoms with Gasteiger partial charge in [0.05, 0.1) is 13.1 Å². The lowest BCUT2D eigenvalue weighted by Crippen LogP contribution is -2.37. The fourth-order valence-corrected chi connectivity index (χ4v) is 2.58. The van der Waals surface area contributed by atoms with Crippen molar-refractivity contribution in [3.63, 3.8) is 0 Å². The molecule has 0 atom stereocenters. The Hall–Kier alpha value is -1.50. The van der Waals surface area contributed by atoms with Crippen LogP contribution in [0.3, 0.4) is 0 Å². The Bertz CT molecular complexity index is 430. The molecule has 0 unspecified atom stereocenters. The van der Waals surface area contributed by atoms with Crippen molar-refractivity contribution in [2.45, 2.75) is 44.8 Å². The lowest BCUT2D eigenvalue weighted by atomic mass is 10.2. The maximum atomic E-state index is 12.7. The molecular formula is C12H17F2N3O2. The number of hydrogen-bond donors (Lipinski definition) is 1. The van der Waals surface area contributed by atoms with Crippen molar-refractivity contribution in [3.8, 4) is 0 Å². The summed E-state index contributed by atoms with van der Waals surface area (Å²) in [5.74, 6) is -0.731. The van der Waals surface area contributed by atoms with Crippen LogP contribution in [0.2, 0.25) is 0 Å². The summed E-state index contributed by atoms with van der Waals surface area (Å²) in [6.07, 6.45) is 6.49. The van der Waals surface area contributed by atoms with Gasteiger partial charge in [-0.2, -0.15) is 8.78 Å². The van der Waals surface area contributed by atoms with Crippen molar-refractivity contribution in [1.29, 1.82) is 0 Å². The van der Waals surface area contributed by atoms with Gasteiger partial charge in [-0.1, -0.05) is 12.8 Å². The van der Waals surface area contributed by atoms with Crippen molar-refractivity contribution >= 4 is 5.97 Å². The Morgan fingerprint density at radius 3 is 2.79 bits per heavy atom. The predicted octanol–water partition coefficient (Wildman–Crippen LogP) is 2.11. The van der Waals surface area contributed by atoms with Crippen LogP contribution in [0.15, 0.2) is 12.4 Å². The molecular weight excluding hydrogens is 256 g/mol. The number of imidazole rings is 1. The molecule has 2 rings (SSSR count). The van der Waals surface area contributed by atoms with Crippen molar-refractivity contribution in [2.24, 2.45) is 0 Å². The van der Waals surface area contributed by atoms with Gasteiger partial charge in [-0.25, -0.2) is 4.98 Å². The number of aromatic nitrogens is 2. The molecule has 1 fully saturated rings. The zero-order valence-electron chi connectivity index (χ0n) is 10.5. The predicted molar refractivity (Wildman–Crippen MR) is 63.8 cm³/mol. The highest BCUT2D eigenvalue weighted by atomic mass is 19.3. The van der Waals surface area contributed by atoms with Crippen molar-refractivity contribution in [3.05, 3.63) is 18.2 Å². The fraction of sp³-hybridized carbons (Fsp3) is 0.667. The maximum Gasteiger partial charge on any atom is 0.319 e. The molecule has 106 valence electrons. The Morgan fingerprint density at radius 2 is 2.21 bits per heavy atom. The van der Waals surface area contributed by atoms with Crippen LogP contribution < -0.4 is 0 Å². The van der Waals surface area contributed by atoms with Gasteiger partial charge in [0.25, 0.3) is 0 Å². The molecule has 1 aromatic rings. The standard InChI is InChI=1S/C12H17F2N3O2/c13-12(14)17-6-5-15-10(17)7-16(8-11(18)19)9-3-1-2-4-9/h5-6,9,12H,1-4,7-8H2,(H,18,19). The lowest BCUT2D eigenvalue weighted by molar-refractivity contribution is -0.139. The molecule has 7 heteroatoms. The van der Waals surface area contributed by atoms with Crippen molar-refractivity contribution < 1.29 is 18.7 Å². The van der Waals surface area contributed by atoms with Gasteiger partial charge in [0, 0.05) is 18.4 Å². The third kappa shape index (κ3) is 3.50. The van der Waals surface area contributed by atoms with E-state index < -0.39 is 12.5 Å². The van der Waals surface area contributed by atoms with Gasteiger partial charge in [0.2, 0.25) is 0 Å². The third-order valence-corrected chi connectivity index (χ3v) is 3.48. The monoisotopic (exact) mass is 273 g/mol. The molecule has 5 nitrogen and oxygen atoms in total. The number of carbonyl (C=O) groups is 1. The average Bonchev–Trinajstić information content (AvgIpc) is 2.98. The molecule has 1 N–H and O–H groups in total. The smallest absolute Gasteiger partial charge is 0.319 e. The van der Waals surface area contributed by atoms with Gasteiger partial charge >= 0.3 is 12.5 Å². The van der Waals surface area contributed by atoms with E-state index in [0.717, 1.165) is 30.3 Å². The van der Waals surface area contributed by atoms with Crippen LogP contribution in [0.5, 0.6) is 0 Å². The molecule has 0 radical (unpaired) electrons. The zero-order chi connectivity index (χ0) is 13.8. The lowest BCUT2D eigenvalue weighted by Gasteiger charge is -2.26. The molecule has 0 saturated heterocycles. The molecule has 0 amide bonds. The average molecular weight is 273 g/mol. The van der Waals surface area contributed by atoms with Crippen LogP contribution in [-0.4, -0.2) is 38.1 Å². The van der Waals surface area contributed by atoms with Gasteiger partial charge in [-0.15, -0.1) is 0 Å². The van der Waals surface area contributed by atoms with Gasteiger partial charge in [-0.05, 0) is 12.8 Å². The first-order valence-electron chi connectivity index (χ1n) is 6.33. The summed E-state index contributed by atoms with van der Waals surface area (Å²) >= 11 is 0. The Morgan fingerprint density at radius 1 is 1.53 bits per heavy atom. The van der Waals surface area contributed by atoms with Crippen molar-refractivity contribution in [2.75, 3.05) is 6.54 Å². The van der Waals surface area contributed by atoms with Gasteiger partial charge in [0.1, 0.15) is 5.82 Å². The second-order valence-electron chi connectivity index (χ2n) is 4.77. The van der Waals surface area contributed by atoms with Gasteiger partial charge in [0.15, 0.2) is 0 Å². The summed E-state index contributed by atoms with van der Waals surface area (Å²) in [6.45, 7) is -2.64. The molecule has 0 spiro atoms. The van der Waals surface area contributed by atoms with E-state index in [9.17, 15) is 13.6 Å². The maximum absolute atomic E-state index is 12.7. The van der Waals surface area contributed by atoms with Crippen LogP contribution in [0.25, 0.3) is 0 Å². The van der Waals surface area contributed by atoms with E-state index in [2.05, 4.69) is 4.98 Å². The van der Waals surface area contributed by atoms with E-state index >= 15 is 0 Å². The number of carboxylic acids is 1. The molecule has 0 aliphatic heterocycles. The topological polar surface area (TPSA) is 58.4 Å². The highest BCUT2D eigenvalue weighted by molar-refractivity contribution is 5.69. The highest BCUT2D eigenvalue weighted by Crippen LogP contribution is 2.25. The van der Waals surface area contributed by atoms with Gasteiger partial charge in [-0.3, -0.25) is 14.3 Å². The minimum absolute atomic E-state index is 0.138. The number of aliphatic carboxylic acids is 1. The summed E-state index contributed by atoms with van der Waals surface area (Å²) in [6, 6.07) is 0.152. The second kappa shape index (κ2) is 6.10. The second-order valence-corrected chi connectivity index (χ2v) is 4.77. The number of alkyl halides is 2. The van der Waals surface area contributed by atoms with Crippen LogP contribution >= 0.6 is 0 Å². The summed E-state index contributed by atoms with van der Waals surface area (Å²) in [7, 11) is 0. The number of hydrogen-bond acceptors (Lipinski definition) is 3. The molecule has 1 saturated carbocycles. The van der Waals surface area contributed by atoms with E-state index in [0.29, 0.717) is 0 Å². The van der Waals surface area contributed by atoms with Gasteiger partial charge < -0.3 is 5.11 Å². The molecule has 19 heavy (non-hydrogen) atoms. The SMILES string of the molecule is O=C(O)CN(Cc1nccn1C(F)F)C1CCCC1. The summed E-state index contributed by atoms with van der Waals surface area (Å²) in [5, 5.41) is 8.93. The molecule has 0 aromatic carbocycles. The first-order chi connectivity index (χ1) is 9.08. The van der Waals surface area contributed by atoms with Crippen molar-refractivity contribution in [1.82, 2.24) is 14.5 Å². The zero-order valence-corrected chi connectivity index (χ0v) is 10.5. The highest BCUT2D eigenvalue weighted by Gasteiger charge is 2.26. The number of carboxylic acid groups (broad SMARTS) is 1. The van der Waals surface area contributed by atoms with Crippen LogP contribution in [0.4, 0.5) is 8.78 Å². The molecule has 1 heterocycles. The molecule has 1 aromatic heterocycles. The largest absolute Gasteiger partial charge is 0.480 e.